The number of nitrogens with one attached hydrogen (secondary N) is 1. The molecule has 1 aliphatic rings. The van der Waals surface area contributed by atoms with E-state index in [1.165, 1.54) is 11.8 Å². The van der Waals surface area contributed by atoms with Crippen molar-refractivity contribution in [3.63, 3.8) is 0 Å². The summed E-state index contributed by atoms with van der Waals surface area (Å²) in [5.74, 6) is 1.78. The molecule has 160 valence electrons. The molecule has 10 heteroatoms. The van der Waals surface area contributed by atoms with Crippen LogP contribution in [-0.4, -0.2) is 33.0 Å². The van der Waals surface area contributed by atoms with Crippen LogP contribution in [0.15, 0.2) is 60.3 Å². The van der Waals surface area contributed by atoms with Gasteiger partial charge >= 0.3 is 0 Å². The van der Waals surface area contributed by atoms with Gasteiger partial charge in [-0.2, -0.15) is 0 Å². The van der Waals surface area contributed by atoms with Crippen LogP contribution in [0.4, 0.5) is 5.69 Å². The predicted octanol–water partition coefficient (Wildman–Crippen LogP) is 5.01. The number of aromatic nitrogens is 3. The lowest BCUT2D eigenvalue weighted by Gasteiger charge is -2.26. The van der Waals surface area contributed by atoms with Crippen molar-refractivity contribution in [3.8, 4) is 11.5 Å². The van der Waals surface area contributed by atoms with Gasteiger partial charge in [-0.3, -0.25) is 9.36 Å². The molecular weight excluding hydrogens is 459 g/mol. The van der Waals surface area contributed by atoms with E-state index in [0.29, 0.717) is 51.4 Å². The van der Waals surface area contributed by atoms with Crippen LogP contribution in [0.5, 0.6) is 11.5 Å². The fraction of sp³-hybridized carbons (Fsp3) is 0.190. The van der Waals surface area contributed by atoms with Crippen molar-refractivity contribution < 1.29 is 14.3 Å². The number of carbonyl (C=O) groups is 1. The summed E-state index contributed by atoms with van der Waals surface area (Å²) < 4.78 is 13.7. The van der Waals surface area contributed by atoms with Gasteiger partial charge in [-0.25, -0.2) is 0 Å². The summed E-state index contributed by atoms with van der Waals surface area (Å²) in [6.07, 6.45) is 1.31. The van der Waals surface area contributed by atoms with Crippen LogP contribution < -0.4 is 14.8 Å². The largest absolute Gasteiger partial charge is 0.485 e. The first-order valence-corrected chi connectivity index (χ1v) is 11.1. The van der Waals surface area contributed by atoms with Gasteiger partial charge in [0.2, 0.25) is 5.91 Å². The number of carbonyl (C=O) groups excluding carboxylic acids is 1. The topological polar surface area (TPSA) is 78.3 Å². The Morgan fingerprint density at radius 3 is 2.68 bits per heavy atom. The van der Waals surface area contributed by atoms with Gasteiger partial charge in [-0.15, -0.1) is 16.8 Å². The van der Waals surface area contributed by atoms with E-state index in [1.54, 1.807) is 24.3 Å². The van der Waals surface area contributed by atoms with Gasteiger partial charge in [0.05, 0.1) is 21.5 Å². The van der Waals surface area contributed by atoms with Crippen LogP contribution in [0.1, 0.15) is 11.9 Å². The third-order valence-corrected chi connectivity index (χ3v) is 6.01. The lowest BCUT2D eigenvalue weighted by atomic mass is 10.2. The summed E-state index contributed by atoms with van der Waals surface area (Å²) in [5, 5.41) is 12.6. The van der Waals surface area contributed by atoms with Crippen molar-refractivity contribution in [1.29, 1.82) is 0 Å². The SMILES string of the molecule is C=CCn1c(SCC(=O)Nc2c(Cl)cccc2Cl)nnc1C1COc2ccccc2O1. The third kappa shape index (κ3) is 4.81. The van der Waals surface area contributed by atoms with E-state index < -0.39 is 6.10 Å². The maximum Gasteiger partial charge on any atom is 0.234 e. The number of para-hydroxylation sites is 3. The number of amides is 1. The highest BCUT2D eigenvalue weighted by molar-refractivity contribution is 7.99. The van der Waals surface area contributed by atoms with Crippen LogP contribution in [-0.2, 0) is 11.3 Å². The Bertz CT molecular complexity index is 1100. The molecule has 1 aliphatic heterocycles. The number of hydrogen-bond donors (Lipinski definition) is 1. The second-order valence-corrected chi connectivity index (χ2v) is 8.29. The van der Waals surface area contributed by atoms with Crippen LogP contribution in [0.2, 0.25) is 10.0 Å². The van der Waals surface area contributed by atoms with Crippen molar-refractivity contribution in [2.75, 3.05) is 17.7 Å². The first-order chi connectivity index (χ1) is 15.1. The van der Waals surface area contributed by atoms with Crippen LogP contribution in [0.3, 0.4) is 0 Å². The normalized spacial score (nSPS) is 14.8. The van der Waals surface area contributed by atoms with E-state index in [4.69, 9.17) is 32.7 Å². The Labute approximate surface area is 193 Å². The minimum atomic E-state index is -0.424. The van der Waals surface area contributed by atoms with E-state index in [-0.39, 0.29) is 11.7 Å². The van der Waals surface area contributed by atoms with Crippen LogP contribution in [0, 0.1) is 0 Å². The van der Waals surface area contributed by atoms with Crippen molar-refractivity contribution in [1.82, 2.24) is 14.8 Å². The molecule has 31 heavy (non-hydrogen) atoms. The molecule has 1 N–H and O–H groups in total. The lowest BCUT2D eigenvalue weighted by Crippen LogP contribution is -2.25. The third-order valence-electron chi connectivity index (χ3n) is 4.41. The predicted molar refractivity (Wildman–Crippen MR) is 121 cm³/mol. The molecule has 0 saturated carbocycles. The van der Waals surface area contributed by atoms with E-state index >= 15 is 0 Å². The molecule has 0 radical (unpaired) electrons. The Hall–Kier alpha value is -2.68. The van der Waals surface area contributed by atoms with Gasteiger partial charge < -0.3 is 14.8 Å². The number of allylic oxidation sites excluding steroid dienone is 1. The van der Waals surface area contributed by atoms with E-state index in [0.717, 1.165) is 0 Å². The minimum absolute atomic E-state index is 0.0989. The number of ether oxygens (including phenoxy) is 2. The zero-order valence-electron chi connectivity index (χ0n) is 16.3. The molecule has 1 atom stereocenters. The molecule has 1 aromatic heterocycles. The lowest BCUT2D eigenvalue weighted by molar-refractivity contribution is -0.113. The fourth-order valence-corrected chi connectivity index (χ4v) is 4.26. The molecular formula is C21H18Cl2N4O3S. The molecule has 7 nitrogen and oxygen atoms in total. The molecule has 0 spiro atoms. The Morgan fingerprint density at radius 1 is 1.19 bits per heavy atom. The molecule has 0 saturated heterocycles. The van der Waals surface area contributed by atoms with Crippen LogP contribution in [0.25, 0.3) is 0 Å². The van der Waals surface area contributed by atoms with Crippen LogP contribution >= 0.6 is 35.0 Å². The number of fused-ring (bicyclic) bond motifs is 1. The fourth-order valence-electron chi connectivity index (χ4n) is 3.02. The van der Waals surface area contributed by atoms with Crippen molar-refractivity contribution in [2.45, 2.75) is 17.8 Å². The Morgan fingerprint density at radius 2 is 1.94 bits per heavy atom. The summed E-state index contributed by atoms with van der Waals surface area (Å²) in [5.41, 5.74) is 0.385. The quantitative estimate of drug-likeness (QED) is 0.381. The summed E-state index contributed by atoms with van der Waals surface area (Å²) in [6.45, 7) is 4.57. The molecule has 2 heterocycles. The molecule has 1 unspecified atom stereocenters. The van der Waals surface area contributed by atoms with Crippen molar-refractivity contribution >= 4 is 46.6 Å². The Balaban J connectivity index is 1.46. The summed E-state index contributed by atoms with van der Waals surface area (Å²) in [7, 11) is 0. The Kier molecular flexibility index (Phi) is 6.70. The average molecular weight is 477 g/mol. The van der Waals surface area contributed by atoms with E-state index in [2.05, 4.69) is 22.1 Å². The monoisotopic (exact) mass is 476 g/mol. The molecule has 0 bridgehead atoms. The average Bonchev–Trinajstić information content (AvgIpc) is 3.17. The molecule has 2 aromatic carbocycles. The minimum Gasteiger partial charge on any atom is -0.485 e. The van der Waals surface area contributed by atoms with E-state index in [9.17, 15) is 4.79 Å². The number of anilines is 1. The van der Waals surface area contributed by atoms with Gasteiger partial charge in [0, 0.05) is 6.54 Å². The second-order valence-electron chi connectivity index (χ2n) is 6.54. The molecule has 1 amide bonds. The summed E-state index contributed by atoms with van der Waals surface area (Å²) in [4.78, 5) is 12.4. The molecule has 4 rings (SSSR count). The summed E-state index contributed by atoms with van der Waals surface area (Å²) in [6, 6.07) is 12.5. The zero-order valence-corrected chi connectivity index (χ0v) is 18.6. The van der Waals surface area contributed by atoms with Gasteiger partial charge in [0.15, 0.2) is 28.6 Å². The van der Waals surface area contributed by atoms with Gasteiger partial charge in [0.1, 0.15) is 6.61 Å². The summed E-state index contributed by atoms with van der Waals surface area (Å²) >= 11 is 13.5. The molecule has 3 aromatic rings. The zero-order chi connectivity index (χ0) is 21.8. The number of benzene rings is 2. The standard InChI is InChI=1S/C21H18Cl2N4O3S/c1-2-10-27-20(17-11-29-15-8-3-4-9-16(15)30-17)25-26-21(27)31-12-18(28)24-19-13(22)6-5-7-14(19)23/h2-9,17H,1,10-12H2,(H,24,28). The number of thioether (sulfide) groups is 1. The van der Waals surface area contributed by atoms with Gasteiger partial charge in [0.25, 0.3) is 0 Å². The van der Waals surface area contributed by atoms with E-state index in [1.807, 2.05) is 28.8 Å². The number of rotatable bonds is 7. The highest BCUT2D eigenvalue weighted by Crippen LogP contribution is 2.36. The second kappa shape index (κ2) is 9.64. The molecule has 0 fully saturated rings. The van der Waals surface area contributed by atoms with Gasteiger partial charge in [-0.1, -0.05) is 59.2 Å². The smallest absolute Gasteiger partial charge is 0.234 e. The van der Waals surface area contributed by atoms with Crippen molar-refractivity contribution in [2.24, 2.45) is 0 Å². The maximum absolute atomic E-state index is 12.4. The first kappa shape index (κ1) is 21.5. The molecule has 0 aliphatic carbocycles. The highest BCUT2D eigenvalue weighted by atomic mass is 35.5. The first-order valence-electron chi connectivity index (χ1n) is 9.36. The van der Waals surface area contributed by atoms with Gasteiger partial charge in [-0.05, 0) is 24.3 Å². The van der Waals surface area contributed by atoms with Crippen molar-refractivity contribution in [3.05, 3.63) is 71.0 Å². The number of nitrogens with zero attached hydrogens (tertiary/aromatic N) is 3. The number of halogens is 2. The number of hydrogen-bond acceptors (Lipinski definition) is 6. The highest BCUT2D eigenvalue weighted by Gasteiger charge is 2.28. The maximum atomic E-state index is 12.4.